The van der Waals surface area contributed by atoms with Gasteiger partial charge in [0, 0.05) is 16.1 Å². The van der Waals surface area contributed by atoms with Crippen molar-refractivity contribution in [3.8, 4) is 0 Å². The number of carbonyl (C=O) groups excluding carboxylic acids is 1. The van der Waals surface area contributed by atoms with Gasteiger partial charge < -0.3 is 5.32 Å². The van der Waals surface area contributed by atoms with E-state index < -0.39 is 0 Å². The van der Waals surface area contributed by atoms with E-state index in [9.17, 15) is 4.79 Å². The van der Waals surface area contributed by atoms with E-state index in [1.54, 1.807) is 0 Å². The lowest BCUT2D eigenvalue weighted by atomic mass is 10.1. The monoisotopic (exact) mass is 329 g/mol. The number of amides is 1. The Morgan fingerprint density at radius 3 is 2.40 bits per heavy atom. The summed E-state index contributed by atoms with van der Waals surface area (Å²) in [5.74, 6) is 0.169. The standard InChI is InChI=1S/C17H16BrNO/c1-11-8-15(18)6-7-16(11)19-17(20)14-9-12-4-2-3-5-13(12)10-14/h2-8,14H,9-10H2,1H3,(H,19,20). The van der Waals surface area contributed by atoms with Gasteiger partial charge in [0.1, 0.15) is 0 Å². The van der Waals surface area contributed by atoms with Crippen molar-refractivity contribution in [2.75, 3.05) is 5.32 Å². The minimum atomic E-state index is 0.0513. The highest BCUT2D eigenvalue weighted by molar-refractivity contribution is 9.10. The van der Waals surface area contributed by atoms with Crippen LogP contribution in [0.15, 0.2) is 46.9 Å². The third-order valence-corrected chi connectivity index (χ3v) is 4.36. The van der Waals surface area contributed by atoms with Crippen molar-refractivity contribution in [1.82, 2.24) is 0 Å². The van der Waals surface area contributed by atoms with E-state index in [0.29, 0.717) is 0 Å². The molecular formula is C17H16BrNO. The largest absolute Gasteiger partial charge is 0.326 e. The minimum absolute atomic E-state index is 0.0513. The summed E-state index contributed by atoms with van der Waals surface area (Å²) in [6, 6.07) is 14.2. The summed E-state index contributed by atoms with van der Waals surface area (Å²) < 4.78 is 1.03. The molecule has 20 heavy (non-hydrogen) atoms. The van der Waals surface area contributed by atoms with Gasteiger partial charge in [0.15, 0.2) is 0 Å². The topological polar surface area (TPSA) is 29.1 Å². The fourth-order valence-corrected chi connectivity index (χ4v) is 3.22. The fraction of sp³-hybridized carbons (Fsp3) is 0.235. The van der Waals surface area contributed by atoms with Gasteiger partial charge in [-0.1, -0.05) is 40.2 Å². The molecule has 0 aromatic heterocycles. The van der Waals surface area contributed by atoms with Crippen molar-refractivity contribution in [2.45, 2.75) is 19.8 Å². The summed E-state index contributed by atoms with van der Waals surface area (Å²) in [6.07, 6.45) is 1.69. The summed E-state index contributed by atoms with van der Waals surface area (Å²) in [4.78, 5) is 12.4. The SMILES string of the molecule is Cc1cc(Br)ccc1NC(=O)C1Cc2ccccc2C1. The van der Waals surface area contributed by atoms with Crippen molar-refractivity contribution >= 4 is 27.5 Å². The van der Waals surface area contributed by atoms with Crippen LogP contribution in [0.3, 0.4) is 0 Å². The first-order valence-corrected chi connectivity index (χ1v) is 7.56. The van der Waals surface area contributed by atoms with Crippen LogP contribution in [0.1, 0.15) is 16.7 Å². The first-order valence-electron chi connectivity index (χ1n) is 6.77. The van der Waals surface area contributed by atoms with Crippen molar-refractivity contribution in [3.63, 3.8) is 0 Å². The minimum Gasteiger partial charge on any atom is -0.326 e. The van der Waals surface area contributed by atoms with Crippen LogP contribution in [0.5, 0.6) is 0 Å². The maximum atomic E-state index is 12.4. The summed E-state index contributed by atoms with van der Waals surface area (Å²) in [5.41, 5.74) is 4.58. The maximum Gasteiger partial charge on any atom is 0.228 e. The second-order valence-corrected chi connectivity index (χ2v) is 6.24. The molecule has 1 amide bonds. The lowest BCUT2D eigenvalue weighted by Crippen LogP contribution is -2.23. The number of halogens is 1. The fourth-order valence-electron chi connectivity index (χ4n) is 2.75. The third-order valence-electron chi connectivity index (χ3n) is 3.87. The zero-order valence-electron chi connectivity index (χ0n) is 11.3. The molecule has 2 nitrogen and oxygen atoms in total. The number of carbonyl (C=O) groups is 1. The molecule has 0 unspecified atom stereocenters. The van der Waals surface area contributed by atoms with E-state index >= 15 is 0 Å². The highest BCUT2D eigenvalue weighted by Crippen LogP contribution is 2.28. The Bertz CT molecular complexity index is 641. The Balaban J connectivity index is 1.72. The van der Waals surface area contributed by atoms with Gasteiger partial charge in [-0.3, -0.25) is 4.79 Å². The van der Waals surface area contributed by atoms with Gasteiger partial charge in [-0.2, -0.15) is 0 Å². The first kappa shape index (κ1) is 13.4. The number of hydrogen-bond donors (Lipinski definition) is 1. The Labute approximate surface area is 127 Å². The quantitative estimate of drug-likeness (QED) is 0.882. The summed E-state index contributed by atoms with van der Waals surface area (Å²) in [7, 11) is 0. The third kappa shape index (κ3) is 2.63. The number of hydrogen-bond acceptors (Lipinski definition) is 1. The van der Waals surface area contributed by atoms with Gasteiger partial charge in [0.25, 0.3) is 0 Å². The van der Waals surface area contributed by atoms with E-state index in [2.05, 4.69) is 33.4 Å². The molecular weight excluding hydrogens is 314 g/mol. The van der Waals surface area contributed by atoms with Gasteiger partial charge in [-0.05, 0) is 54.7 Å². The van der Waals surface area contributed by atoms with Crippen LogP contribution in [-0.4, -0.2) is 5.91 Å². The Hall–Kier alpha value is -1.61. The molecule has 0 heterocycles. The lowest BCUT2D eigenvalue weighted by molar-refractivity contribution is -0.119. The van der Waals surface area contributed by atoms with Crippen LogP contribution >= 0.6 is 15.9 Å². The van der Waals surface area contributed by atoms with Crippen molar-refractivity contribution in [1.29, 1.82) is 0 Å². The number of aryl methyl sites for hydroxylation is 1. The van der Waals surface area contributed by atoms with Crippen molar-refractivity contribution < 1.29 is 4.79 Å². The van der Waals surface area contributed by atoms with Crippen LogP contribution in [0.4, 0.5) is 5.69 Å². The molecule has 0 spiro atoms. The molecule has 2 aromatic carbocycles. The summed E-state index contributed by atoms with van der Waals surface area (Å²) in [6.45, 7) is 2.00. The average molecular weight is 330 g/mol. The molecule has 2 aromatic rings. The Morgan fingerprint density at radius 2 is 1.80 bits per heavy atom. The molecule has 1 N–H and O–H groups in total. The number of nitrogens with one attached hydrogen (secondary N) is 1. The normalized spacial score (nSPS) is 14.1. The number of rotatable bonds is 2. The van der Waals surface area contributed by atoms with Crippen LogP contribution in [0.2, 0.25) is 0 Å². The maximum absolute atomic E-state index is 12.4. The number of benzene rings is 2. The van der Waals surface area contributed by atoms with E-state index in [1.165, 1.54) is 11.1 Å². The zero-order chi connectivity index (χ0) is 14.1. The second kappa shape index (κ2) is 5.41. The molecule has 0 aliphatic heterocycles. The molecule has 0 saturated heterocycles. The van der Waals surface area contributed by atoms with Gasteiger partial charge in [-0.25, -0.2) is 0 Å². The molecule has 0 saturated carbocycles. The van der Waals surface area contributed by atoms with Crippen LogP contribution < -0.4 is 5.32 Å². The predicted molar refractivity (Wildman–Crippen MR) is 84.8 cm³/mol. The summed E-state index contributed by atoms with van der Waals surface area (Å²) in [5, 5.41) is 3.05. The van der Waals surface area contributed by atoms with Crippen LogP contribution in [0, 0.1) is 12.8 Å². The highest BCUT2D eigenvalue weighted by Gasteiger charge is 2.27. The van der Waals surface area contributed by atoms with Gasteiger partial charge >= 0.3 is 0 Å². The zero-order valence-corrected chi connectivity index (χ0v) is 12.9. The smallest absolute Gasteiger partial charge is 0.228 e. The second-order valence-electron chi connectivity index (χ2n) is 5.32. The number of anilines is 1. The van der Waals surface area contributed by atoms with E-state index in [0.717, 1.165) is 28.6 Å². The average Bonchev–Trinajstić information content (AvgIpc) is 2.86. The molecule has 1 aliphatic rings. The van der Waals surface area contributed by atoms with Gasteiger partial charge in [0.05, 0.1) is 0 Å². The van der Waals surface area contributed by atoms with Crippen LogP contribution in [0.25, 0.3) is 0 Å². The van der Waals surface area contributed by atoms with Crippen molar-refractivity contribution in [2.24, 2.45) is 5.92 Å². The van der Waals surface area contributed by atoms with E-state index in [1.807, 2.05) is 37.3 Å². The molecule has 0 fully saturated rings. The molecule has 0 radical (unpaired) electrons. The van der Waals surface area contributed by atoms with Crippen molar-refractivity contribution in [3.05, 3.63) is 63.6 Å². The molecule has 3 heteroatoms. The van der Waals surface area contributed by atoms with Gasteiger partial charge in [0.2, 0.25) is 5.91 Å². The number of fused-ring (bicyclic) bond motifs is 1. The highest BCUT2D eigenvalue weighted by atomic mass is 79.9. The van der Waals surface area contributed by atoms with E-state index in [-0.39, 0.29) is 11.8 Å². The molecule has 1 aliphatic carbocycles. The Kier molecular flexibility index (Phi) is 3.62. The molecule has 0 bridgehead atoms. The van der Waals surface area contributed by atoms with Crippen LogP contribution in [-0.2, 0) is 17.6 Å². The Morgan fingerprint density at radius 1 is 1.15 bits per heavy atom. The van der Waals surface area contributed by atoms with E-state index in [4.69, 9.17) is 0 Å². The molecule has 0 atom stereocenters. The first-order chi connectivity index (χ1) is 9.63. The lowest BCUT2D eigenvalue weighted by Gasteiger charge is -2.12. The summed E-state index contributed by atoms with van der Waals surface area (Å²) >= 11 is 3.44. The predicted octanol–water partition coefficient (Wildman–Crippen LogP) is 4.11. The molecule has 3 rings (SSSR count). The molecule has 102 valence electrons. The van der Waals surface area contributed by atoms with Gasteiger partial charge in [-0.15, -0.1) is 0 Å².